The van der Waals surface area contributed by atoms with Gasteiger partial charge in [0.05, 0.1) is 30.9 Å². The number of esters is 2. The Morgan fingerprint density at radius 2 is 1.00 bits per heavy atom. The van der Waals surface area contributed by atoms with Crippen molar-refractivity contribution in [1.82, 2.24) is 0 Å². The fourth-order valence-corrected chi connectivity index (χ4v) is 2.97. The van der Waals surface area contributed by atoms with Crippen LogP contribution in [0.25, 0.3) is 22.3 Å². The van der Waals surface area contributed by atoms with E-state index in [1.165, 1.54) is 32.4 Å². The van der Waals surface area contributed by atoms with Crippen molar-refractivity contribution in [3.05, 3.63) is 83.4 Å². The molecule has 0 atom stereocenters. The molecule has 30 heavy (non-hydrogen) atoms. The molecule has 0 heterocycles. The van der Waals surface area contributed by atoms with E-state index < -0.39 is 23.7 Å². The third-order valence-electron chi connectivity index (χ3n) is 4.54. The van der Waals surface area contributed by atoms with E-state index in [0.29, 0.717) is 16.7 Å². The minimum absolute atomic E-state index is 0.196. The topological polar surface area (TPSA) is 52.6 Å². The minimum Gasteiger partial charge on any atom is -0.465 e. The highest BCUT2D eigenvalue weighted by atomic mass is 19.4. The van der Waals surface area contributed by atoms with E-state index in [9.17, 15) is 22.8 Å². The van der Waals surface area contributed by atoms with E-state index in [1.807, 2.05) is 0 Å². The van der Waals surface area contributed by atoms with Crippen LogP contribution in [0.15, 0.2) is 66.7 Å². The summed E-state index contributed by atoms with van der Waals surface area (Å²) < 4.78 is 47.7. The predicted molar refractivity (Wildman–Crippen MR) is 105 cm³/mol. The third-order valence-corrected chi connectivity index (χ3v) is 4.54. The number of halogens is 3. The fraction of sp³-hybridized carbons (Fsp3) is 0.130. The van der Waals surface area contributed by atoms with Crippen molar-refractivity contribution in [3.8, 4) is 22.3 Å². The maximum Gasteiger partial charge on any atom is 0.416 e. The number of carbonyl (C=O) groups is 2. The average molecular weight is 414 g/mol. The van der Waals surface area contributed by atoms with E-state index in [2.05, 4.69) is 0 Å². The smallest absolute Gasteiger partial charge is 0.416 e. The van der Waals surface area contributed by atoms with Gasteiger partial charge in [0.15, 0.2) is 0 Å². The maximum absolute atomic E-state index is 12.7. The molecule has 0 N–H and O–H groups in total. The van der Waals surface area contributed by atoms with E-state index in [4.69, 9.17) is 9.47 Å². The molecule has 3 rings (SSSR count). The first-order valence-electron chi connectivity index (χ1n) is 8.82. The Balaban J connectivity index is 1.95. The lowest BCUT2D eigenvalue weighted by molar-refractivity contribution is -0.137. The van der Waals surface area contributed by atoms with Crippen LogP contribution < -0.4 is 0 Å². The van der Waals surface area contributed by atoms with Gasteiger partial charge in [0.1, 0.15) is 0 Å². The lowest BCUT2D eigenvalue weighted by Gasteiger charge is -2.10. The molecule has 3 aromatic rings. The number of carbonyl (C=O) groups excluding carboxylic acids is 2. The van der Waals surface area contributed by atoms with Gasteiger partial charge in [-0.05, 0) is 52.6 Å². The average Bonchev–Trinajstić information content (AvgIpc) is 2.77. The lowest BCUT2D eigenvalue weighted by Crippen LogP contribution is -2.07. The SMILES string of the molecule is COC(=O)c1cc(C(=O)OC)cc(-c2ccc(-c3ccc(C(F)(F)F)cc3)cc2)c1. The number of methoxy groups -OCH3 is 2. The second kappa shape index (κ2) is 8.41. The quantitative estimate of drug-likeness (QED) is 0.521. The van der Waals surface area contributed by atoms with Gasteiger partial charge >= 0.3 is 18.1 Å². The second-order valence-electron chi connectivity index (χ2n) is 6.43. The Kier molecular flexibility index (Phi) is 5.91. The Morgan fingerprint density at radius 3 is 1.37 bits per heavy atom. The van der Waals surface area contributed by atoms with Gasteiger partial charge < -0.3 is 9.47 Å². The van der Waals surface area contributed by atoms with E-state index in [-0.39, 0.29) is 11.1 Å². The summed E-state index contributed by atoms with van der Waals surface area (Å²) in [5, 5.41) is 0. The van der Waals surface area contributed by atoms with Crippen molar-refractivity contribution in [2.24, 2.45) is 0 Å². The van der Waals surface area contributed by atoms with Crippen LogP contribution in [0.2, 0.25) is 0 Å². The molecule has 0 fully saturated rings. The first-order chi connectivity index (χ1) is 14.2. The molecule has 0 bridgehead atoms. The van der Waals surface area contributed by atoms with Crippen LogP contribution in [-0.4, -0.2) is 26.2 Å². The molecule has 0 saturated carbocycles. The number of rotatable bonds is 4. The molecule has 7 heteroatoms. The fourth-order valence-electron chi connectivity index (χ4n) is 2.97. The molecule has 154 valence electrons. The monoisotopic (exact) mass is 414 g/mol. The van der Waals surface area contributed by atoms with Gasteiger partial charge in [-0.25, -0.2) is 9.59 Å². The maximum atomic E-state index is 12.7. The normalized spacial score (nSPS) is 11.1. The number of hydrogen-bond donors (Lipinski definition) is 0. The molecule has 3 aromatic carbocycles. The van der Waals surface area contributed by atoms with Crippen molar-refractivity contribution in [1.29, 1.82) is 0 Å². The molecule has 0 aromatic heterocycles. The zero-order chi connectivity index (χ0) is 21.9. The highest BCUT2D eigenvalue weighted by Gasteiger charge is 2.29. The van der Waals surface area contributed by atoms with E-state index >= 15 is 0 Å². The summed E-state index contributed by atoms with van der Waals surface area (Å²) in [7, 11) is 2.48. The number of alkyl halides is 3. The van der Waals surface area contributed by atoms with Gasteiger partial charge in [0.25, 0.3) is 0 Å². The molecule has 0 aliphatic rings. The molecule has 0 unspecified atom stereocenters. The summed E-state index contributed by atoms with van der Waals surface area (Å²) in [5.74, 6) is -1.19. The summed E-state index contributed by atoms with van der Waals surface area (Å²) in [6.45, 7) is 0. The second-order valence-corrected chi connectivity index (χ2v) is 6.43. The number of benzene rings is 3. The highest BCUT2D eigenvalue weighted by Crippen LogP contribution is 2.32. The Bertz CT molecular complexity index is 1030. The predicted octanol–water partition coefficient (Wildman–Crippen LogP) is 5.61. The van der Waals surface area contributed by atoms with Gasteiger partial charge in [-0.1, -0.05) is 36.4 Å². The summed E-state index contributed by atoms with van der Waals surface area (Å²) in [5.41, 5.74) is 2.35. The van der Waals surface area contributed by atoms with Gasteiger partial charge in [-0.2, -0.15) is 13.2 Å². The van der Waals surface area contributed by atoms with Crippen molar-refractivity contribution >= 4 is 11.9 Å². The van der Waals surface area contributed by atoms with Crippen molar-refractivity contribution in [3.63, 3.8) is 0 Å². The molecule has 0 aliphatic carbocycles. The van der Waals surface area contributed by atoms with Gasteiger partial charge in [-0.3, -0.25) is 0 Å². The Hall–Kier alpha value is -3.61. The van der Waals surface area contributed by atoms with Crippen LogP contribution in [0, 0.1) is 0 Å². The molecule has 0 radical (unpaired) electrons. The Labute approximate surface area is 170 Å². The van der Waals surface area contributed by atoms with Crippen LogP contribution in [-0.2, 0) is 15.7 Å². The highest BCUT2D eigenvalue weighted by molar-refractivity contribution is 5.97. The van der Waals surface area contributed by atoms with Crippen molar-refractivity contribution in [2.45, 2.75) is 6.18 Å². The van der Waals surface area contributed by atoms with Gasteiger partial charge in [0.2, 0.25) is 0 Å². The van der Waals surface area contributed by atoms with Crippen molar-refractivity contribution in [2.75, 3.05) is 14.2 Å². The van der Waals surface area contributed by atoms with Gasteiger partial charge in [0, 0.05) is 0 Å². The first kappa shape index (κ1) is 21.1. The molecular weight excluding hydrogens is 397 g/mol. The molecular formula is C23H17F3O4. The summed E-state index contributed by atoms with van der Waals surface area (Å²) >= 11 is 0. The van der Waals surface area contributed by atoms with Crippen LogP contribution in [0.5, 0.6) is 0 Å². The standard InChI is InChI=1S/C23H17F3O4/c1-29-21(27)18-11-17(12-19(13-18)22(28)30-2)16-5-3-14(4-6-16)15-7-9-20(10-8-15)23(24,25)26/h3-13H,1-2H3. The van der Waals surface area contributed by atoms with E-state index in [0.717, 1.165) is 17.7 Å². The summed E-state index contributed by atoms with van der Waals surface area (Å²) in [6.07, 6.45) is -4.38. The van der Waals surface area contributed by atoms with Crippen LogP contribution in [0.4, 0.5) is 13.2 Å². The largest absolute Gasteiger partial charge is 0.465 e. The minimum atomic E-state index is -4.38. The van der Waals surface area contributed by atoms with Crippen LogP contribution in [0.1, 0.15) is 26.3 Å². The summed E-state index contributed by atoms with van der Waals surface area (Å²) in [4.78, 5) is 23.9. The van der Waals surface area contributed by atoms with Crippen LogP contribution in [0.3, 0.4) is 0 Å². The Morgan fingerprint density at radius 1 is 0.633 bits per heavy atom. The zero-order valence-corrected chi connectivity index (χ0v) is 16.1. The zero-order valence-electron chi connectivity index (χ0n) is 16.1. The number of ether oxygens (including phenoxy) is 2. The summed E-state index contributed by atoms with van der Waals surface area (Å²) in [6, 6.07) is 16.5. The first-order valence-corrected chi connectivity index (χ1v) is 8.82. The van der Waals surface area contributed by atoms with E-state index in [1.54, 1.807) is 36.4 Å². The molecule has 4 nitrogen and oxygen atoms in total. The van der Waals surface area contributed by atoms with Crippen LogP contribution >= 0.6 is 0 Å². The number of hydrogen-bond acceptors (Lipinski definition) is 4. The lowest BCUT2D eigenvalue weighted by atomic mass is 9.97. The van der Waals surface area contributed by atoms with Gasteiger partial charge in [-0.15, -0.1) is 0 Å². The molecule has 0 saturated heterocycles. The third kappa shape index (κ3) is 4.51. The van der Waals surface area contributed by atoms with Crippen molar-refractivity contribution < 1.29 is 32.2 Å². The molecule has 0 spiro atoms. The molecule has 0 amide bonds. The molecule has 0 aliphatic heterocycles.